The van der Waals surface area contributed by atoms with Crippen LogP contribution >= 0.6 is 0 Å². The molecule has 0 saturated heterocycles. The Morgan fingerprint density at radius 1 is 1.25 bits per heavy atom. The molecule has 11 heteroatoms. The fourth-order valence-corrected chi connectivity index (χ4v) is 3.27. The minimum absolute atomic E-state index is 0.134. The first-order chi connectivity index (χ1) is 12.8. The number of ether oxygens (including phenoxy) is 1. The standard InChI is InChI=1S/C17H27B4F2N3O2/c1-15(2,26-17(20,21)27)9-24-12-7-4-8-13(25-12)28-16(18,19)10-5-3-6-11(22)14(10)23/h3-6,8,12,24,26-27H,7,9,18-21H2,1-2H3. The van der Waals surface area contributed by atoms with Gasteiger partial charge in [-0.25, -0.2) is 13.8 Å². The Morgan fingerprint density at radius 2 is 1.93 bits per heavy atom. The van der Waals surface area contributed by atoms with Gasteiger partial charge in [0.15, 0.2) is 27.3 Å². The molecule has 2 rings (SSSR count). The first kappa shape index (κ1) is 22.7. The van der Waals surface area contributed by atoms with Gasteiger partial charge in [-0.1, -0.05) is 18.2 Å². The molecule has 1 aromatic rings. The van der Waals surface area contributed by atoms with E-state index >= 15 is 0 Å². The molecule has 0 aliphatic carbocycles. The molecular weight excluding hydrogens is 359 g/mol. The maximum atomic E-state index is 14.2. The van der Waals surface area contributed by atoms with Crippen LogP contribution in [0.25, 0.3) is 0 Å². The van der Waals surface area contributed by atoms with Gasteiger partial charge in [0.05, 0.1) is 5.40 Å². The lowest BCUT2D eigenvalue weighted by Crippen LogP contribution is -2.60. The maximum absolute atomic E-state index is 14.2. The van der Waals surface area contributed by atoms with Crippen molar-refractivity contribution in [1.82, 2.24) is 10.6 Å². The van der Waals surface area contributed by atoms with Gasteiger partial charge in [-0.15, -0.1) is 0 Å². The van der Waals surface area contributed by atoms with E-state index in [0.29, 0.717) is 18.9 Å². The molecule has 1 aliphatic heterocycles. The van der Waals surface area contributed by atoms with Crippen LogP contribution in [0.4, 0.5) is 8.78 Å². The molecule has 148 valence electrons. The lowest BCUT2D eigenvalue weighted by molar-refractivity contribution is 0.130. The summed E-state index contributed by atoms with van der Waals surface area (Å²) in [6.07, 6.45) is 4.13. The summed E-state index contributed by atoms with van der Waals surface area (Å²) in [6, 6.07) is 4.04. The molecule has 0 bridgehead atoms. The van der Waals surface area contributed by atoms with Crippen molar-refractivity contribution in [2.45, 2.75) is 42.9 Å². The van der Waals surface area contributed by atoms with Crippen LogP contribution in [0.2, 0.25) is 0 Å². The molecule has 1 atom stereocenters. The van der Waals surface area contributed by atoms with Crippen molar-refractivity contribution in [2.24, 2.45) is 4.99 Å². The van der Waals surface area contributed by atoms with Gasteiger partial charge in [0.2, 0.25) is 5.90 Å². The van der Waals surface area contributed by atoms with Gasteiger partial charge in [0.1, 0.15) is 21.9 Å². The molecule has 1 heterocycles. The van der Waals surface area contributed by atoms with E-state index in [4.69, 9.17) is 4.74 Å². The van der Waals surface area contributed by atoms with E-state index in [2.05, 4.69) is 15.6 Å². The summed E-state index contributed by atoms with van der Waals surface area (Å²) in [5, 5.41) is 15.3. The molecule has 28 heavy (non-hydrogen) atoms. The minimum Gasteiger partial charge on any atom is -0.486 e. The Balaban J connectivity index is 2.05. The number of aliphatic imine (C=N–C) groups is 1. The molecule has 0 saturated carbocycles. The monoisotopic (exact) mass is 387 g/mol. The van der Waals surface area contributed by atoms with Gasteiger partial charge < -0.3 is 9.84 Å². The van der Waals surface area contributed by atoms with E-state index in [9.17, 15) is 13.9 Å². The smallest absolute Gasteiger partial charge is 0.209 e. The van der Waals surface area contributed by atoms with E-state index in [0.717, 1.165) is 6.07 Å². The lowest BCUT2D eigenvalue weighted by atomic mass is 9.61. The predicted octanol–water partition coefficient (Wildman–Crippen LogP) is -2.13. The Hall–Kier alpha value is -1.57. The average molecular weight is 387 g/mol. The Kier molecular flexibility index (Phi) is 6.84. The number of hydrogen-bond acceptors (Lipinski definition) is 5. The zero-order chi connectivity index (χ0) is 21.2. The molecule has 0 radical (unpaired) electrons. The number of benzene rings is 1. The molecular formula is C17H27B4F2N3O2. The van der Waals surface area contributed by atoms with Crippen LogP contribution in [-0.2, 0) is 10.1 Å². The topological polar surface area (TPSA) is 65.9 Å². The number of aliphatic hydroxyl groups is 1. The lowest BCUT2D eigenvalue weighted by Gasteiger charge is -2.35. The van der Waals surface area contributed by atoms with Crippen molar-refractivity contribution in [2.75, 3.05) is 6.54 Å². The summed E-state index contributed by atoms with van der Waals surface area (Å²) in [4.78, 5) is 4.53. The van der Waals surface area contributed by atoms with Crippen LogP contribution in [0.3, 0.4) is 0 Å². The van der Waals surface area contributed by atoms with E-state index in [1.54, 1.807) is 37.5 Å². The molecule has 0 fully saturated rings. The summed E-state index contributed by atoms with van der Waals surface area (Å²) >= 11 is 0. The first-order valence-electron chi connectivity index (χ1n) is 9.42. The van der Waals surface area contributed by atoms with E-state index in [1.165, 1.54) is 12.1 Å². The number of dihydropyridines is 1. The van der Waals surface area contributed by atoms with Crippen LogP contribution in [0.15, 0.2) is 35.3 Å². The van der Waals surface area contributed by atoms with Gasteiger partial charge in [-0.2, -0.15) is 0 Å². The van der Waals surface area contributed by atoms with Crippen molar-refractivity contribution in [1.29, 1.82) is 0 Å². The van der Waals surface area contributed by atoms with Crippen molar-refractivity contribution < 1.29 is 18.6 Å². The SMILES string of the molecule is BC(B)(O)NC(C)(C)CNC1CC=CC(OC(B)(B)c2cccc(F)c2F)=N1. The quantitative estimate of drug-likeness (QED) is 0.370. The van der Waals surface area contributed by atoms with Crippen molar-refractivity contribution in [3.8, 4) is 0 Å². The van der Waals surface area contributed by atoms with Gasteiger partial charge in [-0.05, 0) is 26.0 Å². The van der Waals surface area contributed by atoms with Crippen molar-refractivity contribution in [3.05, 3.63) is 47.5 Å². The maximum Gasteiger partial charge on any atom is 0.209 e. The third kappa shape index (κ3) is 6.50. The highest BCUT2D eigenvalue weighted by molar-refractivity contribution is 6.39. The number of hydrogen-bond donors (Lipinski definition) is 3. The zero-order valence-electron chi connectivity index (χ0n) is 17.4. The van der Waals surface area contributed by atoms with Crippen LogP contribution < -0.4 is 10.6 Å². The van der Waals surface area contributed by atoms with Crippen molar-refractivity contribution >= 4 is 37.3 Å². The molecule has 5 nitrogen and oxygen atoms in total. The summed E-state index contributed by atoms with van der Waals surface area (Å²) in [5.41, 5.74) is -1.22. The zero-order valence-corrected chi connectivity index (χ0v) is 17.4. The fourth-order valence-electron chi connectivity index (χ4n) is 3.27. The highest BCUT2D eigenvalue weighted by Crippen LogP contribution is 2.25. The second kappa shape index (κ2) is 8.43. The highest BCUT2D eigenvalue weighted by atomic mass is 19.2. The molecule has 3 N–H and O–H groups in total. The molecule has 0 spiro atoms. The second-order valence-corrected chi connectivity index (χ2v) is 8.78. The fraction of sp³-hybridized carbons (Fsp3) is 0.471. The largest absolute Gasteiger partial charge is 0.486 e. The molecule has 1 aliphatic rings. The van der Waals surface area contributed by atoms with E-state index < -0.39 is 22.6 Å². The predicted molar refractivity (Wildman–Crippen MR) is 118 cm³/mol. The highest BCUT2D eigenvalue weighted by Gasteiger charge is 2.30. The molecule has 1 aromatic carbocycles. The number of nitrogens with zero attached hydrogens (tertiary/aromatic N) is 1. The molecule has 0 amide bonds. The van der Waals surface area contributed by atoms with Crippen LogP contribution in [0, 0.1) is 11.6 Å². The van der Waals surface area contributed by atoms with Gasteiger partial charge in [0, 0.05) is 29.6 Å². The van der Waals surface area contributed by atoms with E-state index in [1.807, 2.05) is 19.9 Å². The summed E-state index contributed by atoms with van der Waals surface area (Å²) in [7, 11) is 6.73. The first-order valence-corrected chi connectivity index (χ1v) is 9.42. The number of rotatable bonds is 7. The minimum atomic E-state index is -1.08. The van der Waals surface area contributed by atoms with Crippen LogP contribution in [0.1, 0.15) is 25.8 Å². The Labute approximate surface area is 169 Å². The normalized spacial score (nSPS) is 18.0. The average Bonchev–Trinajstić information content (AvgIpc) is 2.53. The molecule has 1 unspecified atom stereocenters. The third-order valence-corrected chi connectivity index (χ3v) is 4.29. The second-order valence-electron chi connectivity index (χ2n) is 8.78. The summed E-state index contributed by atoms with van der Waals surface area (Å²) in [5.74, 6) is -1.47. The summed E-state index contributed by atoms with van der Waals surface area (Å²) < 4.78 is 33.6. The van der Waals surface area contributed by atoms with Gasteiger partial charge >= 0.3 is 0 Å². The third-order valence-electron chi connectivity index (χ3n) is 4.29. The molecule has 0 aromatic heterocycles. The van der Waals surface area contributed by atoms with Gasteiger partial charge in [0.25, 0.3) is 0 Å². The Bertz CT molecular complexity index is 767. The Morgan fingerprint density at radius 3 is 2.57 bits per heavy atom. The van der Waals surface area contributed by atoms with Crippen molar-refractivity contribution in [3.63, 3.8) is 0 Å². The number of halogens is 2. The summed E-state index contributed by atoms with van der Waals surface area (Å²) in [6.45, 7) is 4.52. The van der Waals surface area contributed by atoms with E-state index in [-0.39, 0.29) is 17.3 Å². The van der Waals surface area contributed by atoms with Gasteiger partial charge in [-0.3, -0.25) is 10.6 Å². The number of nitrogens with one attached hydrogen (secondary N) is 2. The van der Waals surface area contributed by atoms with Crippen LogP contribution in [-0.4, -0.2) is 66.2 Å². The van der Waals surface area contributed by atoms with Crippen LogP contribution in [0.5, 0.6) is 0 Å².